The van der Waals surface area contributed by atoms with E-state index in [1.807, 2.05) is 13.0 Å². The summed E-state index contributed by atoms with van der Waals surface area (Å²) in [6, 6.07) is 0.0915. The van der Waals surface area contributed by atoms with Crippen LogP contribution in [0.3, 0.4) is 0 Å². The Balaban J connectivity index is 3.68. The highest BCUT2D eigenvalue weighted by Crippen LogP contribution is 2.06. The predicted molar refractivity (Wildman–Crippen MR) is 54.6 cm³/mol. The van der Waals surface area contributed by atoms with Gasteiger partial charge in [0.1, 0.15) is 0 Å². The van der Waals surface area contributed by atoms with E-state index in [-0.39, 0.29) is 6.04 Å². The summed E-state index contributed by atoms with van der Waals surface area (Å²) >= 11 is 0. The molecule has 0 saturated heterocycles. The number of nitrogens with two attached hydrogens (primary N) is 2. The van der Waals surface area contributed by atoms with Crippen molar-refractivity contribution in [2.45, 2.75) is 39.2 Å². The fourth-order valence-electron chi connectivity index (χ4n) is 0.933. The van der Waals surface area contributed by atoms with Crippen LogP contribution in [0.2, 0.25) is 0 Å². The topological polar surface area (TPSA) is 52.0 Å². The maximum Gasteiger partial charge on any atom is 0.0251 e. The Bertz CT molecular complexity index is 171. The van der Waals surface area contributed by atoms with Crippen LogP contribution in [0.25, 0.3) is 0 Å². The molecule has 0 aliphatic heterocycles. The maximum absolute atomic E-state index is 5.78. The standard InChI is InChI=1S/C10H20N2/c1-4-5-9(11)6-7-10(12)8(2)3/h5,10H,2,4,6-7,11-12H2,1,3H3. The van der Waals surface area contributed by atoms with E-state index >= 15 is 0 Å². The molecule has 70 valence electrons. The third kappa shape index (κ3) is 4.97. The average Bonchev–Trinajstić information content (AvgIpc) is 2.00. The molecule has 12 heavy (non-hydrogen) atoms. The molecule has 0 fully saturated rings. The summed E-state index contributed by atoms with van der Waals surface area (Å²) in [6.07, 6.45) is 4.80. The molecule has 2 heteroatoms. The number of allylic oxidation sites excluding steroid dienone is 2. The monoisotopic (exact) mass is 168 g/mol. The molecule has 0 aromatic heterocycles. The quantitative estimate of drug-likeness (QED) is 0.616. The molecule has 0 bridgehead atoms. The summed E-state index contributed by atoms with van der Waals surface area (Å²) in [4.78, 5) is 0. The van der Waals surface area contributed by atoms with Crippen molar-refractivity contribution in [3.63, 3.8) is 0 Å². The van der Waals surface area contributed by atoms with Crippen molar-refractivity contribution in [1.82, 2.24) is 0 Å². The SMILES string of the molecule is C=C(C)C(N)CCC(N)=CCC. The molecule has 0 spiro atoms. The Labute approximate surface area is 75.3 Å². The lowest BCUT2D eigenvalue weighted by Crippen LogP contribution is -2.21. The minimum atomic E-state index is 0.0915. The Morgan fingerprint density at radius 1 is 1.58 bits per heavy atom. The van der Waals surface area contributed by atoms with Crippen molar-refractivity contribution in [2.24, 2.45) is 11.5 Å². The Hall–Kier alpha value is -0.760. The lowest BCUT2D eigenvalue weighted by molar-refractivity contribution is 0.682. The van der Waals surface area contributed by atoms with E-state index in [1.54, 1.807) is 0 Å². The zero-order valence-electron chi connectivity index (χ0n) is 8.14. The van der Waals surface area contributed by atoms with Crippen LogP contribution in [0.1, 0.15) is 33.1 Å². The normalized spacial score (nSPS) is 14.4. The van der Waals surface area contributed by atoms with Gasteiger partial charge in [0, 0.05) is 11.7 Å². The molecule has 0 radical (unpaired) electrons. The van der Waals surface area contributed by atoms with Gasteiger partial charge in [-0.25, -0.2) is 0 Å². The second-order valence-corrected chi connectivity index (χ2v) is 3.18. The fraction of sp³-hybridized carbons (Fsp3) is 0.600. The van der Waals surface area contributed by atoms with Crippen molar-refractivity contribution >= 4 is 0 Å². The molecule has 0 heterocycles. The highest BCUT2D eigenvalue weighted by molar-refractivity contribution is 5.03. The first kappa shape index (κ1) is 11.2. The molecule has 0 amide bonds. The van der Waals surface area contributed by atoms with E-state index in [4.69, 9.17) is 11.5 Å². The first-order chi connectivity index (χ1) is 5.57. The molecule has 0 aliphatic rings. The Morgan fingerprint density at radius 3 is 2.58 bits per heavy atom. The van der Waals surface area contributed by atoms with Crippen molar-refractivity contribution in [3.8, 4) is 0 Å². The minimum Gasteiger partial charge on any atom is -0.402 e. The zero-order chi connectivity index (χ0) is 9.56. The third-order valence-electron chi connectivity index (χ3n) is 1.84. The Kier molecular flexibility index (Phi) is 5.47. The summed E-state index contributed by atoms with van der Waals surface area (Å²) in [6.45, 7) is 7.82. The first-order valence-electron chi connectivity index (χ1n) is 4.43. The molecule has 4 N–H and O–H groups in total. The lowest BCUT2D eigenvalue weighted by Gasteiger charge is -2.10. The van der Waals surface area contributed by atoms with Gasteiger partial charge in [0.05, 0.1) is 0 Å². The van der Waals surface area contributed by atoms with Crippen LogP contribution in [-0.4, -0.2) is 6.04 Å². The van der Waals surface area contributed by atoms with Gasteiger partial charge in [0.25, 0.3) is 0 Å². The summed E-state index contributed by atoms with van der Waals surface area (Å²) in [5.74, 6) is 0. The average molecular weight is 168 g/mol. The van der Waals surface area contributed by atoms with Gasteiger partial charge in [-0.05, 0) is 26.2 Å². The van der Waals surface area contributed by atoms with E-state index in [0.29, 0.717) is 0 Å². The smallest absolute Gasteiger partial charge is 0.0251 e. The summed E-state index contributed by atoms with van der Waals surface area (Å²) in [7, 11) is 0. The van der Waals surface area contributed by atoms with Gasteiger partial charge in [0.15, 0.2) is 0 Å². The second-order valence-electron chi connectivity index (χ2n) is 3.18. The molecular weight excluding hydrogens is 148 g/mol. The molecule has 0 saturated carbocycles. The number of hydrogen-bond acceptors (Lipinski definition) is 2. The van der Waals surface area contributed by atoms with Crippen LogP contribution >= 0.6 is 0 Å². The van der Waals surface area contributed by atoms with E-state index < -0.39 is 0 Å². The highest BCUT2D eigenvalue weighted by atomic mass is 14.6. The van der Waals surface area contributed by atoms with E-state index in [9.17, 15) is 0 Å². The second kappa shape index (κ2) is 5.84. The zero-order valence-corrected chi connectivity index (χ0v) is 8.14. The van der Waals surface area contributed by atoms with Gasteiger partial charge in [0.2, 0.25) is 0 Å². The molecule has 0 rings (SSSR count). The molecule has 1 unspecified atom stereocenters. The van der Waals surface area contributed by atoms with Gasteiger partial charge in [-0.3, -0.25) is 0 Å². The van der Waals surface area contributed by atoms with Crippen molar-refractivity contribution in [1.29, 1.82) is 0 Å². The van der Waals surface area contributed by atoms with Gasteiger partial charge < -0.3 is 11.5 Å². The van der Waals surface area contributed by atoms with Crippen LogP contribution in [0.5, 0.6) is 0 Å². The number of hydrogen-bond donors (Lipinski definition) is 2. The highest BCUT2D eigenvalue weighted by Gasteiger charge is 2.02. The van der Waals surface area contributed by atoms with Crippen LogP contribution in [0, 0.1) is 0 Å². The molecule has 1 atom stereocenters. The van der Waals surface area contributed by atoms with Crippen LogP contribution in [-0.2, 0) is 0 Å². The molecule has 2 nitrogen and oxygen atoms in total. The van der Waals surface area contributed by atoms with Crippen LogP contribution in [0.15, 0.2) is 23.9 Å². The fourth-order valence-corrected chi connectivity index (χ4v) is 0.933. The first-order valence-corrected chi connectivity index (χ1v) is 4.43. The molecule has 0 aromatic rings. The van der Waals surface area contributed by atoms with Crippen molar-refractivity contribution in [2.75, 3.05) is 0 Å². The van der Waals surface area contributed by atoms with Gasteiger partial charge in [-0.15, -0.1) is 0 Å². The summed E-state index contributed by atoms with van der Waals surface area (Å²) in [5, 5.41) is 0. The van der Waals surface area contributed by atoms with E-state index in [1.165, 1.54) is 0 Å². The van der Waals surface area contributed by atoms with Crippen LogP contribution < -0.4 is 11.5 Å². The maximum atomic E-state index is 5.78. The van der Waals surface area contributed by atoms with Gasteiger partial charge in [-0.1, -0.05) is 25.2 Å². The Morgan fingerprint density at radius 2 is 2.17 bits per heavy atom. The van der Waals surface area contributed by atoms with Gasteiger partial charge >= 0.3 is 0 Å². The van der Waals surface area contributed by atoms with E-state index in [2.05, 4.69) is 13.5 Å². The van der Waals surface area contributed by atoms with E-state index in [0.717, 1.165) is 30.5 Å². The number of rotatable bonds is 5. The lowest BCUT2D eigenvalue weighted by atomic mass is 10.0. The predicted octanol–water partition coefficient (Wildman–Crippen LogP) is 1.92. The van der Waals surface area contributed by atoms with Gasteiger partial charge in [-0.2, -0.15) is 0 Å². The van der Waals surface area contributed by atoms with Crippen LogP contribution in [0.4, 0.5) is 0 Å². The summed E-state index contributed by atoms with van der Waals surface area (Å²) < 4.78 is 0. The van der Waals surface area contributed by atoms with Crippen molar-refractivity contribution in [3.05, 3.63) is 23.9 Å². The summed E-state index contributed by atoms with van der Waals surface area (Å²) in [5.41, 5.74) is 13.5. The molecule has 0 aromatic carbocycles. The molecule has 0 aliphatic carbocycles. The minimum absolute atomic E-state index is 0.0915. The molecular formula is C10H20N2. The van der Waals surface area contributed by atoms with Crippen molar-refractivity contribution < 1.29 is 0 Å². The largest absolute Gasteiger partial charge is 0.402 e. The third-order valence-corrected chi connectivity index (χ3v) is 1.84.